The molecule has 166 valence electrons. The summed E-state index contributed by atoms with van der Waals surface area (Å²) in [5.41, 5.74) is 1.64. The Hall–Kier alpha value is -1.89. The number of hydrogen-bond acceptors (Lipinski definition) is 6. The molecule has 30 heavy (non-hydrogen) atoms. The van der Waals surface area contributed by atoms with Gasteiger partial charge >= 0.3 is 5.97 Å². The van der Waals surface area contributed by atoms with Crippen LogP contribution in [0.1, 0.15) is 69.5 Å². The zero-order valence-electron chi connectivity index (χ0n) is 17.7. The molecule has 6 heteroatoms. The van der Waals surface area contributed by atoms with Gasteiger partial charge in [-0.05, 0) is 67.7 Å². The van der Waals surface area contributed by atoms with E-state index in [0.29, 0.717) is 25.7 Å². The van der Waals surface area contributed by atoms with Gasteiger partial charge in [-0.2, -0.15) is 0 Å². The summed E-state index contributed by atoms with van der Waals surface area (Å²) in [4.78, 5) is 11.1. The molecular weight excluding hydrogens is 384 g/mol. The molecule has 1 aliphatic carbocycles. The van der Waals surface area contributed by atoms with E-state index < -0.39 is 18.3 Å². The van der Waals surface area contributed by atoms with Gasteiger partial charge in [-0.1, -0.05) is 25.3 Å². The highest BCUT2D eigenvalue weighted by molar-refractivity contribution is 5.77. The highest BCUT2D eigenvalue weighted by Crippen LogP contribution is 2.40. The first-order chi connectivity index (χ1) is 14.5. The highest BCUT2D eigenvalue weighted by atomic mass is 16.5. The van der Waals surface area contributed by atoms with E-state index in [4.69, 9.17) is 4.42 Å². The van der Waals surface area contributed by atoms with Gasteiger partial charge < -0.3 is 24.5 Å². The summed E-state index contributed by atoms with van der Waals surface area (Å²) in [7, 11) is 1.40. The summed E-state index contributed by atoms with van der Waals surface area (Å²) >= 11 is 0. The number of methoxy groups -OCH3 is 1. The molecule has 1 aromatic carbocycles. The minimum Gasteiger partial charge on any atom is -0.469 e. The van der Waals surface area contributed by atoms with Crippen molar-refractivity contribution in [1.29, 1.82) is 0 Å². The molecule has 0 bridgehead atoms. The summed E-state index contributed by atoms with van der Waals surface area (Å²) in [6, 6.07) is 7.56. The van der Waals surface area contributed by atoms with E-state index in [9.17, 15) is 20.1 Å². The minimum absolute atomic E-state index is 0.00220. The molecule has 1 aliphatic rings. The molecule has 1 saturated carbocycles. The molecular formula is C24H34O6. The number of rotatable bonds is 11. The lowest BCUT2D eigenvalue weighted by Gasteiger charge is -2.24. The third-order valence-corrected chi connectivity index (χ3v) is 6.55. The predicted molar refractivity (Wildman–Crippen MR) is 114 cm³/mol. The van der Waals surface area contributed by atoms with E-state index in [-0.39, 0.29) is 17.8 Å². The van der Waals surface area contributed by atoms with Crippen LogP contribution in [0, 0.1) is 11.8 Å². The van der Waals surface area contributed by atoms with Gasteiger partial charge in [0.25, 0.3) is 0 Å². The fourth-order valence-electron chi connectivity index (χ4n) is 4.80. The number of benzene rings is 1. The lowest BCUT2D eigenvalue weighted by atomic mass is 9.84. The number of fused-ring (bicyclic) bond motifs is 1. The molecule has 1 fully saturated rings. The van der Waals surface area contributed by atoms with Crippen LogP contribution in [-0.4, -0.2) is 40.6 Å². The van der Waals surface area contributed by atoms with Gasteiger partial charge in [-0.15, -0.1) is 0 Å². The zero-order valence-corrected chi connectivity index (χ0v) is 17.7. The van der Waals surface area contributed by atoms with Crippen LogP contribution in [0.15, 0.2) is 34.9 Å². The number of esters is 1. The van der Waals surface area contributed by atoms with Crippen LogP contribution >= 0.6 is 0 Å². The van der Waals surface area contributed by atoms with Crippen molar-refractivity contribution in [1.82, 2.24) is 0 Å². The average molecular weight is 419 g/mol. The Morgan fingerprint density at radius 3 is 2.60 bits per heavy atom. The van der Waals surface area contributed by atoms with E-state index >= 15 is 0 Å². The van der Waals surface area contributed by atoms with Crippen molar-refractivity contribution in [2.24, 2.45) is 11.8 Å². The maximum atomic E-state index is 11.1. The number of carbonyl (C=O) groups is 1. The van der Waals surface area contributed by atoms with Crippen molar-refractivity contribution in [3.8, 4) is 0 Å². The van der Waals surface area contributed by atoms with Gasteiger partial charge in [0.2, 0.25) is 0 Å². The number of unbranched alkanes of at least 4 members (excludes halogenated alkanes) is 3. The van der Waals surface area contributed by atoms with E-state index in [1.54, 1.807) is 6.26 Å². The molecule has 0 amide bonds. The Morgan fingerprint density at radius 1 is 1.10 bits per heavy atom. The molecule has 3 rings (SSSR count). The molecule has 0 spiro atoms. The summed E-state index contributed by atoms with van der Waals surface area (Å²) < 4.78 is 10.00. The van der Waals surface area contributed by atoms with Crippen LogP contribution in [0.3, 0.4) is 0 Å². The average Bonchev–Trinajstić information content (AvgIpc) is 3.31. The minimum atomic E-state index is -0.604. The monoisotopic (exact) mass is 418 g/mol. The number of aliphatic hydroxyl groups is 3. The Bertz CT molecular complexity index is 800. The van der Waals surface area contributed by atoms with Crippen LogP contribution in [-0.2, 0) is 9.53 Å². The first kappa shape index (κ1) is 22.8. The highest BCUT2D eigenvalue weighted by Gasteiger charge is 2.40. The van der Waals surface area contributed by atoms with Crippen molar-refractivity contribution >= 4 is 16.9 Å². The fourth-order valence-corrected chi connectivity index (χ4v) is 4.80. The van der Waals surface area contributed by atoms with E-state index in [1.807, 2.05) is 24.3 Å². The number of furan rings is 1. The maximum absolute atomic E-state index is 11.1. The Morgan fingerprint density at radius 2 is 1.83 bits per heavy atom. The van der Waals surface area contributed by atoms with Gasteiger partial charge in [0.1, 0.15) is 5.58 Å². The molecule has 0 saturated heterocycles. The number of ether oxygens (including phenoxy) is 1. The summed E-state index contributed by atoms with van der Waals surface area (Å²) in [6.07, 6.45) is 6.71. The van der Waals surface area contributed by atoms with Crippen LogP contribution in [0.2, 0.25) is 0 Å². The smallest absolute Gasteiger partial charge is 0.305 e. The van der Waals surface area contributed by atoms with Crippen LogP contribution in [0.5, 0.6) is 0 Å². The van der Waals surface area contributed by atoms with E-state index in [0.717, 1.165) is 48.6 Å². The predicted octanol–water partition coefficient (Wildman–Crippen LogP) is 4.12. The van der Waals surface area contributed by atoms with E-state index in [2.05, 4.69) is 4.74 Å². The molecule has 0 aliphatic heterocycles. The Kier molecular flexibility index (Phi) is 8.31. The first-order valence-corrected chi connectivity index (χ1v) is 11.1. The topological polar surface area (TPSA) is 100 Å². The molecule has 2 aromatic rings. The lowest BCUT2D eigenvalue weighted by Crippen LogP contribution is -2.23. The third-order valence-electron chi connectivity index (χ3n) is 6.55. The number of aliphatic hydroxyl groups excluding tert-OH is 3. The second-order valence-electron chi connectivity index (χ2n) is 8.54. The molecule has 0 radical (unpaired) electrons. The van der Waals surface area contributed by atoms with Gasteiger partial charge in [0.05, 0.1) is 31.7 Å². The lowest BCUT2D eigenvalue weighted by molar-refractivity contribution is -0.140. The molecule has 6 nitrogen and oxygen atoms in total. The Labute approximate surface area is 177 Å². The van der Waals surface area contributed by atoms with Crippen molar-refractivity contribution in [3.63, 3.8) is 0 Å². The third kappa shape index (κ3) is 5.84. The van der Waals surface area contributed by atoms with Crippen LogP contribution in [0.4, 0.5) is 0 Å². The number of carbonyl (C=O) groups excluding carboxylic acids is 1. The first-order valence-electron chi connectivity index (χ1n) is 11.1. The largest absolute Gasteiger partial charge is 0.469 e. The summed E-state index contributed by atoms with van der Waals surface area (Å²) in [5.74, 6) is -0.110. The molecule has 3 N–H and O–H groups in total. The fraction of sp³-hybridized carbons (Fsp3) is 0.625. The molecule has 1 heterocycles. The van der Waals surface area contributed by atoms with Crippen molar-refractivity contribution in [3.05, 3.63) is 36.1 Å². The maximum Gasteiger partial charge on any atom is 0.305 e. The summed E-state index contributed by atoms with van der Waals surface area (Å²) in [5, 5.41) is 32.5. The normalized spacial score (nSPS) is 24.9. The molecule has 2 unspecified atom stereocenters. The second kappa shape index (κ2) is 10.9. The second-order valence-corrected chi connectivity index (χ2v) is 8.54. The molecule has 1 aromatic heterocycles. The van der Waals surface area contributed by atoms with Gasteiger partial charge in [0, 0.05) is 11.8 Å². The Balaban J connectivity index is 1.46. The standard InChI is InChI=1S/C24H34O6/c1-29-24(28)7-5-3-2-4-6-18-19(22(27)15-21(18)26)9-10-20(25)16-8-11-23-17(14-16)12-13-30-23/h8,11-14,18-22,25-27H,2-7,9-10,15H2,1H3/t18-,19?,20?,21+,22-/m1/s1. The SMILES string of the molecule is COC(=O)CCCCCC[C@@H]1C(CCC(O)c2ccc3occc3c2)[C@H](O)C[C@@H]1O. The number of hydrogen-bond donors (Lipinski definition) is 3. The van der Waals surface area contributed by atoms with Crippen LogP contribution < -0.4 is 0 Å². The summed E-state index contributed by atoms with van der Waals surface area (Å²) in [6.45, 7) is 0. The quantitative estimate of drug-likeness (QED) is 0.375. The van der Waals surface area contributed by atoms with E-state index in [1.165, 1.54) is 7.11 Å². The van der Waals surface area contributed by atoms with Gasteiger partial charge in [-0.3, -0.25) is 4.79 Å². The van der Waals surface area contributed by atoms with Gasteiger partial charge in [0.15, 0.2) is 0 Å². The van der Waals surface area contributed by atoms with Gasteiger partial charge in [-0.25, -0.2) is 0 Å². The van der Waals surface area contributed by atoms with Crippen molar-refractivity contribution in [2.75, 3.05) is 7.11 Å². The van der Waals surface area contributed by atoms with Crippen molar-refractivity contribution < 1.29 is 29.3 Å². The molecule has 5 atom stereocenters. The van der Waals surface area contributed by atoms with Crippen molar-refractivity contribution in [2.45, 2.75) is 76.1 Å². The zero-order chi connectivity index (χ0) is 21.5. The van der Waals surface area contributed by atoms with Crippen LogP contribution in [0.25, 0.3) is 11.0 Å².